The molecule has 1 heterocycles. The Bertz CT molecular complexity index is 923. The highest BCUT2D eigenvalue weighted by molar-refractivity contribution is 6.42. The van der Waals surface area contributed by atoms with Crippen LogP contribution in [0.4, 0.5) is 0 Å². The van der Waals surface area contributed by atoms with E-state index in [1.165, 1.54) is 0 Å². The number of rotatable bonds is 11. The second kappa shape index (κ2) is 12.2. The molecule has 0 aliphatic carbocycles. The van der Waals surface area contributed by atoms with Crippen molar-refractivity contribution in [3.63, 3.8) is 0 Å². The van der Waals surface area contributed by atoms with Gasteiger partial charge in [0.25, 0.3) is 0 Å². The number of hydrogen-bond donors (Lipinski definition) is 1. The minimum Gasteiger partial charge on any atom is -0.390 e. The number of aliphatic hydroxyl groups excluding tert-OH is 1. The summed E-state index contributed by atoms with van der Waals surface area (Å²) in [6.07, 6.45) is -0.101. The van der Waals surface area contributed by atoms with Crippen LogP contribution >= 0.6 is 34.8 Å². The Balaban J connectivity index is 1.62. The Morgan fingerprint density at radius 2 is 1.94 bits per heavy atom. The summed E-state index contributed by atoms with van der Waals surface area (Å²) in [6.45, 7) is 6.76. The fraction of sp³-hybridized carbons (Fsp3) is 0.458. The van der Waals surface area contributed by atoms with Crippen molar-refractivity contribution in [1.82, 2.24) is 4.90 Å². The van der Waals surface area contributed by atoms with Gasteiger partial charge in [-0.15, -0.1) is 0 Å². The van der Waals surface area contributed by atoms with E-state index in [9.17, 15) is 5.11 Å². The zero-order valence-corrected chi connectivity index (χ0v) is 20.6. The normalized spacial score (nSPS) is 17.0. The van der Waals surface area contributed by atoms with Crippen molar-refractivity contribution >= 4 is 40.5 Å². The number of oxime groups is 1. The highest BCUT2D eigenvalue weighted by Crippen LogP contribution is 2.26. The van der Waals surface area contributed by atoms with Gasteiger partial charge in [0.15, 0.2) is 0 Å². The van der Waals surface area contributed by atoms with Crippen LogP contribution in [0.5, 0.6) is 0 Å². The predicted octanol–water partition coefficient (Wildman–Crippen LogP) is 5.68. The molecule has 0 amide bonds. The van der Waals surface area contributed by atoms with Gasteiger partial charge in [0.1, 0.15) is 6.10 Å². The summed E-state index contributed by atoms with van der Waals surface area (Å²) < 4.78 is 5.62. The lowest BCUT2D eigenvalue weighted by Crippen LogP contribution is -2.39. The number of benzene rings is 2. The summed E-state index contributed by atoms with van der Waals surface area (Å²) in [7, 11) is 0. The average molecular weight is 500 g/mol. The summed E-state index contributed by atoms with van der Waals surface area (Å²) >= 11 is 18.3. The quantitative estimate of drug-likeness (QED) is 0.432. The van der Waals surface area contributed by atoms with Crippen LogP contribution < -0.4 is 0 Å². The molecule has 2 aromatic rings. The zero-order valence-electron chi connectivity index (χ0n) is 18.3. The molecule has 0 spiro atoms. The van der Waals surface area contributed by atoms with Crippen LogP contribution in [0.1, 0.15) is 31.4 Å². The first-order chi connectivity index (χ1) is 15.3. The second-order valence-corrected chi connectivity index (χ2v) is 9.76. The van der Waals surface area contributed by atoms with Crippen LogP contribution in [0.15, 0.2) is 47.6 Å². The second-order valence-electron chi connectivity index (χ2n) is 8.51. The first-order valence-corrected chi connectivity index (χ1v) is 11.8. The first kappa shape index (κ1) is 25.3. The SMILES string of the molecule is CC(C)COC[C@H](O)CN(Cc1cccc(Cl)c1)C[C@@H]1CC(c2ccc(Cl)c(Cl)c2)=NO1. The lowest BCUT2D eigenvalue weighted by Gasteiger charge is -2.27. The van der Waals surface area contributed by atoms with Crippen LogP contribution in [0, 0.1) is 5.92 Å². The maximum atomic E-state index is 10.5. The molecule has 0 saturated carbocycles. The molecule has 1 N–H and O–H groups in total. The van der Waals surface area contributed by atoms with E-state index in [2.05, 4.69) is 23.9 Å². The predicted molar refractivity (Wildman–Crippen MR) is 131 cm³/mol. The van der Waals surface area contributed by atoms with E-state index in [4.69, 9.17) is 44.4 Å². The molecule has 8 heteroatoms. The van der Waals surface area contributed by atoms with E-state index < -0.39 is 6.10 Å². The van der Waals surface area contributed by atoms with Gasteiger partial charge in [-0.2, -0.15) is 0 Å². The molecule has 2 aromatic carbocycles. The standard InChI is InChI=1S/C24H29Cl3N2O3/c1-16(2)14-31-15-20(30)12-29(11-17-4-3-5-19(25)8-17)13-21-10-24(28-32-21)18-6-7-22(26)23(27)9-18/h3-9,16,20-21,30H,10-15H2,1-2H3/t20-,21+/m1/s1. The third-order valence-corrected chi connectivity index (χ3v) is 5.95. The van der Waals surface area contributed by atoms with Gasteiger partial charge in [-0.05, 0) is 35.7 Å². The van der Waals surface area contributed by atoms with Gasteiger partial charge in [-0.3, -0.25) is 4.90 Å². The molecule has 1 aliphatic heterocycles. The zero-order chi connectivity index (χ0) is 23.1. The van der Waals surface area contributed by atoms with Gasteiger partial charge in [0.05, 0.1) is 28.5 Å². The van der Waals surface area contributed by atoms with Crippen molar-refractivity contribution in [3.8, 4) is 0 Å². The Hall–Kier alpha value is -1.34. The lowest BCUT2D eigenvalue weighted by molar-refractivity contribution is -0.00734. The maximum absolute atomic E-state index is 10.5. The number of hydrogen-bond acceptors (Lipinski definition) is 5. The summed E-state index contributed by atoms with van der Waals surface area (Å²) in [6, 6.07) is 13.2. The Morgan fingerprint density at radius 3 is 2.66 bits per heavy atom. The molecule has 32 heavy (non-hydrogen) atoms. The molecule has 0 radical (unpaired) electrons. The number of halogens is 3. The van der Waals surface area contributed by atoms with Gasteiger partial charge in [0, 0.05) is 43.2 Å². The fourth-order valence-corrected chi connectivity index (χ4v) is 4.06. The summed E-state index contributed by atoms with van der Waals surface area (Å²) in [5.74, 6) is 0.425. The van der Waals surface area contributed by atoms with E-state index in [0.29, 0.717) is 60.3 Å². The van der Waals surface area contributed by atoms with Crippen molar-refractivity contribution in [2.75, 3.05) is 26.3 Å². The van der Waals surface area contributed by atoms with E-state index >= 15 is 0 Å². The van der Waals surface area contributed by atoms with Crippen LogP contribution in [-0.2, 0) is 16.1 Å². The third-order valence-electron chi connectivity index (χ3n) is 4.97. The van der Waals surface area contributed by atoms with Crippen LogP contribution in [0.3, 0.4) is 0 Å². The van der Waals surface area contributed by atoms with E-state index in [0.717, 1.165) is 16.8 Å². The average Bonchev–Trinajstić information content (AvgIpc) is 3.18. The molecule has 2 atom stereocenters. The lowest BCUT2D eigenvalue weighted by atomic mass is 10.0. The van der Waals surface area contributed by atoms with Gasteiger partial charge in [-0.1, -0.05) is 72.0 Å². The summed E-state index contributed by atoms with van der Waals surface area (Å²) in [4.78, 5) is 7.85. The van der Waals surface area contributed by atoms with Crippen LogP contribution in [0.25, 0.3) is 0 Å². The van der Waals surface area contributed by atoms with Crippen molar-refractivity contribution < 1.29 is 14.7 Å². The van der Waals surface area contributed by atoms with Gasteiger partial charge in [-0.25, -0.2) is 0 Å². The van der Waals surface area contributed by atoms with Crippen molar-refractivity contribution in [1.29, 1.82) is 0 Å². The largest absolute Gasteiger partial charge is 0.390 e. The highest BCUT2D eigenvalue weighted by Gasteiger charge is 2.26. The van der Waals surface area contributed by atoms with E-state index in [1.54, 1.807) is 12.1 Å². The van der Waals surface area contributed by atoms with Crippen molar-refractivity contribution in [2.24, 2.45) is 11.1 Å². The number of nitrogens with zero attached hydrogens (tertiary/aromatic N) is 2. The molecule has 0 aromatic heterocycles. The Morgan fingerprint density at radius 1 is 1.12 bits per heavy atom. The maximum Gasteiger partial charge on any atom is 0.145 e. The third kappa shape index (κ3) is 7.91. The Labute approximate surface area is 204 Å². The van der Waals surface area contributed by atoms with Gasteiger partial charge >= 0.3 is 0 Å². The van der Waals surface area contributed by atoms with Gasteiger partial charge in [0.2, 0.25) is 0 Å². The molecule has 5 nitrogen and oxygen atoms in total. The molecule has 0 saturated heterocycles. The fourth-order valence-electron chi connectivity index (χ4n) is 3.55. The topological polar surface area (TPSA) is 54.3 Å². The molecular formula is C24H29Cl3N2O3. The minimum atomic E-state index is -0.607. The molecule has 0 fully saturated rings. The summed E-state index contributed by atoms with van der Waals surface area (Å²) in [5.41, 5.74) is 2.79. The highest BCUT2D eigenvalue weighted by atomic mass is 35.5. The van der Waals surface area contributed by atoms with Crippen molar-refractivity contribution in [2.45, 2.75) is 39.0 Å². The minimum absolute atomic E-state index is 0.137. The monoisotopic (exact) mass is 498 g/mol. The number of aliphatic hydroxyl groups is 1. The number of ether oxygens (including phenoxy) is 1. The molecule has 1 aliphatic rings. The van der Waals surface area contributed by atoms with E-state index in [-0.39, 0.29) is 6.10 Å². The van der Waals surface area contributed by atoms with Crippen LogP contribution in [-0.4, -0.2) is 54.2 Å². The summed E-state index contributed by atoms with van der Waals surface area (Å²) in [5, 5.41) is 16.5. The molecule has 0 unspecified atom stereocenters. The van der Waals surface area contributed by atoms with Crippen LogP contribution in [0.2, 0.25) is 15.1 Å². The van der Waals surface area contributed by atoms with Crippen molar-refractivity contribution in [3.05, 3.63) is 68.7 Å². The molecular weight excluding hydrogens is 471 g/mol. The Kier molecular flexibility index (Phi) is 9.65. The smallest absolute Gasteiger partial charge is 0.145 e. The van der Waals surface area contributed by atoms with Gasteiger partial charge < -0.3 is 14.7 Å². The molecule has 174 valence electrons. The molecule has 3 rings (SSSR count). The van der Waals surface area contributed by atoms with E-state index in [1.807, 2.05) is 30.3 Å². The molecule has 0 bridgehead atoms. The first-order valence-electron chi connectivity index (χ1n) is 10.7.